The molecule has 2 N–H and O–H groups in total. The monoisotopic (exact) mass is 340 g/mol. The van der Waals surface area contributed by atoms with E-state index in [9.17, 15) is 4.79 Å². The summed E-state index contributed by atoms with van der Waals surface area (Å²) in [4.78, 5) is 25.0. The SMILES string of the molecule is CN1CCN(c2ccc(CNC(=O)NCc3ccncc3)cn2)CC1. The van der Waals surface area contributed by atoms with Crippen LogP contribution in [0.4, 0.5) is 10.6 Å². The van der Waals surface area contributed by atoms with Crippen LogP contribution in [0.5, 0.6) is 0 Å². The predicted octanol–water partition coefficient (Wildman–Crippen LogP) is 1.23. The summed E-state index contributed by atoms with van der Waals surface area (Å²) in [6.45, 7) is 5.05. The molecule has 3 heterocycles. The standard InChI is InChI=1S/C18H24N6O/c1-23-8-10-24(11-9-23)17-3-2-16(13-20-17)14-22-18(25)21-12-15-4-6-19-7-5-15/h2-7,13H,8-12,14H2,1H3,(H2,21,22,25). The van der Waals surface area contributed by atoms with Gasteiger partial charge in [-0.25, -0.2) is 9.78 Å². The Labute approximate surface area is 148 Å². The highest BCUT2D eigenvalue weighted by Gasteiger charge is 2.14. The van der Waals surface area contributed by atoms with E-state index in [-0.39, 0.29) is 6.03 Å². The number of hydrogen-bond acceptors (Lipinski definition) is 5. The molecule has 2 aromatic rings. The molecule has 0 unspecified atom stereocenters. The molecule has 3 rings (SSSR count). The number of amides is 2. The lowest BCUT2D eigenvalue weighted by molar-refractivity contribution is 0.240. The minimum absolute atomic E-state index is 0.194. The Morgan fingerprint density at radius 2 is 1.68 bits per heavy atom. The van der Waals surface area contributed by atoms with Gasteiger partial charge in [0.25, 0.3) is 0 Å². The van der Waals surface area contributed by atoms with Gasteiger partial charge in [-0.1, -0.05) is 6.07 Å². The summed E-state index contributed by atoms with van der Waals surface area (Å²) >= 11 is 0. The highest BCUT2D eigenvalue weighted by Crippen LogP contribution is 2.13. The van der Waals surface area contributed by atoms with Crippen LogP contribution in [0.15, 0.2) is 42.9 Å². The number of carbonyl (C=O) groups excluding carboxylic acids is 1. The zero-order chi connectivity index (χ0) is 17.5. The first-order valence-corrected chi connectivity index (χ1v) is 8.50. The van der Waals surface area contributed by atoms with Gasteiger partial charge in [0, 0.05) is 57.9 Å². The van der Waals surface area contributed by atoms with E-state index in [1.165, 1.54) is 0 Å². The molecule has 7 heteroatoms. The van der Waals surface area contributed by atoms with Crippen molar-refractivity contribution in [3.8, 4) is 0 Å². The van der Waals surface area contributed by atoms with Gasteiger partial charge in [0.05, 0.1) is 0 Å². The van der Waals surface area contributed by atoms with Gasteiger partial charge >= 0.3 is 6.03 Å². The van der Waals surface area contributed by atoms with Gasteiger partial charge in [0.15, 0.2) is 0 Å². The lowest BCUT2D eigenvalue weighted by Gasteiger charge is -2.33. The maximum Gasteiger partial charge on any atom is 0.315 e. The van der Waals surface area contributed by atoms with E-state index < -0.39 is 0 Å². The minimum Gasteiger partial charge on any atom is -0.354 e. The second kappa shape index (κ2) is 8.43. The molecular weight excluding hydrogens is 316 g/mol. The Bertz CT molecular complexity index is 668. The zero-order valence-electron chi connectivity index (χ0n) is 14.5. The maximum atomic E-state index is 11.9. The molecule has 1 saturated heterocycles. The van der Waals surface area contributed by atoms with Crippen LogP contribution >= 0.6 is 0 Å². The number of aromatic nitrogens is 2. The molecule has 1 aliphatic heterocycles. The van der Waals surface area contributed by atoms with Crippen molar-refractivity contribution in [1.82, 2.24) is 25.5 Å². The topological polar surface area (TPSA) is 73.4 Å². The zero-order valence-corrected chi connectivity index (χ0v) is 14.5. The van der Waals surface area contributed by atoms with Crippen LogP contribution in [0.2, 0.25) is 0 Å². The summed E-state index contributed by atoms with van der Waals surface area (Å²) in [6.07, 6.45) is 5.25. The van der Waals surface area contributed by atoms with Crippen molar-refractivity contribution >= 4 is 11.8 Å². The highest BCUT2D eigenvalue weighted by atomic mass is 16.2. The number of urea groups is 1. The second-order valence-electron chi connectivity index (χ2n) is 6.21. The molecule has 0 atom stereocenters. The number of piperazine rings is 1. The summed E-state index contributed by atoms with van der Waals surface area (Å²) in [5.41, 5.74) is 2.00. The number of nitrogens with zero attached hydrogens (tertiary/aromatic N) is 4. The molecule has 7 nitrogen and oxygen atoms in total. The normalized spacial score (nSPS) is 15.0. The Kier molecular flexibility index (Phi) is 5.79. The first-order valence-electron chi connectivity index (χ1n) is 8.50. The van der Waals surface area contributed by atoms with Crippen LogP contribution in [0.1, 0.15) is 11.1 Å². The van der Waals surface area contributed by atoms with E-state index in [2.05, 4.69) is 37.4 Å². The van der Waals surface area contributed by atoms with Crippen molar-refractivity contribution in [2.45, 2.75) is 13.1 Å². The van der Waals surface area contributed by atoms with Gasteiger partial charge in [0.1, 0.15) is 5.82 Å². The van der Waals surface area contributed by atoms with Crippen LogP contribution in [0.25, 0.3) is 0 Å². The van der Waals surface area contributed by atoms with Crippen molar-refractivity contribution in [2.75, 3.05) is 38.1 Å². The first kappa shape index (κ1) is 17.2. The molecule has 0 aliphatic carbocycles. The first-order chi connectivity index (χ1) is 12.2. The van der Waals surface area contributed by atoms with Crippen LogP contribution in [0, 0.1) is 0 Å². The van der Waals surface area contributed by atoms with E-state index in [4.69, 9.17) is 0 Å². The molecule has 0 aromatic carbocycles. The Balaban J connectivity index is 1.43. The molecule has 0 radical (unpaired) electrons. The lowest BCUT2D eigenvalue weighted by atomic mass is 10.2. The van der Waals surface area contributed by atoms with Gasteiger partial charge < -0.3 is 20.4 Å². The van der Waals surface area contributed by atoms with E-state index in [0.717, 1.165) is 43.1 Å². The number of likely N-dealkylation sites (N-methyl/N-ethyl adjacent to an activating group) is 1. The van der Waals surface area contributed by atoms with Crippen LogP contribution in [0.3, 0.4) is 0 Å². The average molecular weight is 340 g/mol. The highest BCUT2D eigenvalue weighted by molar-refractivity contribution is 5.73. The third-order valence-electron chi connectivity index (χ3n) is 4.29. The molecule has 0 saturated carbocycles. The summed E-state index contributed by atoms with van der Waals surface area (Å²) in [5, 5.41) is 5.67. The number of pyridine rings is 2. The predicted molar refractivity (Wildman–Crippen MR) is 97.3 cm³/mol. The lowest BCUT2D eigenvalue weighted by Crippen LogP contribution is -2.44. The fourth-order valence-corrected chi connectivity index (χ4v) is 2.67. The number of hydrogen-bond donors (Lipinski definition) is 2. The summed E-state index contributed by atoms with van der Waals surface area (Å²) in [6, 6.07) is 7.60. The molecule has 0 spiro atoms. The molecule has 25 heavy (non-hydrogen) atoms. The van der Waals surface area contributed by atoms with Crippen LogP contribution in [-0.4, -0.2) is 54.1 Å². The number of rotatable bonds is 5. The largest absolute Gasteiger partial charge is 0.354 e. The molecule has 2 amide bonds. The van der Waals surface area contributed by atoms with Gasteiger partial charge in [-0.15, -0.1) is 0 Å². The molecule has 132 valence electrons. The number of nitrogens with one attached hydrogen (secondary N) is 2. The van der Waals surface area contributed by atoms with Crippen molar-refractivity contribution in [3.05, 3.63) is 54.0 Å². The molecule has 1 aliphatic rings. The molecular formula is C18H24N6O. The smallest absolute Gasteiger partial charge is 0.315 e. The van der Waals surface area contributed by atoms with Gasteiger partial charge in [0.2, 0.25) is 0 Å². The van der Waals surface area contributed by atoms with Gasteiger partial charge in [-0.2, -0.15) is 0 Å². The van der Waals surface area contributed by atoms with E-state index in [1.54, 1.807) is 12.4 Å². The third-order valence-corrected chi connectivity index (χ3v) is 4.29. The summed E-state index contributed by atoms with van der Waals surface area (Å²) < 4.78 is 0. The van der Waals surface area contributed by atoms with Crippen LogP contribution < -0.4 is 15.5 Å². The number of anilines is 1. The Morgan fingerprint density at radius 3 is 2.32 bits per heavy atom. The van der Waals surface area contributed by atoms with Crippen molar-refractivity contribution < 1.29 is 4.79 Å². The fraction of sp³-hybridized carbons (Fsp3) is 0.389. The minimum atomic E-state index is -0.194. The molecule has 1 fully saturated rings. The molecule has 0 bridgehead atoms. The van der Waals surface area contributed by atoms with Gasteiger partial charge in [-0.05, 0) is 36.4 Å². The van der Waals surface area contributed by atoms with Crippen LogP contribution in [-0.2, 0) is 13.1 Å². The van der Waals surface area contributed by atoms with Gasteiger partial charge in [-0.3, -0.25) is 4.98 Å². The van der Waals surface area contributed by atoms with Crippen molar-refractivity contribution in [1.29, 1.82) is 0 Å². The Morgan fingerprint density at radius 1 is 1.00 bits per heavy atom. The maximum absolute atomic E-state index is 11.9. The fourth-order valence-electron chi connectivity index (χ4n) is 2.67. The Hall–Kier alpha value is -2.67. The summed E-state index contributed by atoms with van der Waals surface area (Å²) in [7, 11) is 2.14. The van der Waals surface area contributed by atoms with E-state index in [0.29, 0.717) is 13.1 Å². The van der Waals surface area contributed by atoms with Crippen molar-refractivity contribution in [3.63, 3.8) is 0 Å². The third kappa shape index (κ3) is 5.15. The van der Waals surface area contributed by atoms with E-state index >= 15 is 0 Å². The average Bonchev–Trinajstić information content (AvgIpc) is 2.67. The van der Waals surface area contributed by atoms with Crippen molar-refractivity contribution in [2.24, 2.45) is 0 Å². The van der Waals surface area contributed by atoms with E-state index in [1.807, 2.05) is 30.5 Å². The summed E-state index contributed by atoms with van der Waals surface area (Å²) in [5.74, 6) is 0.999. The quantitative estimate of drug-likeness (QED) is 0.856. The number of carbonyl (C=O) groups is 1. The molecule has 2 aromatic heterocycles. The second-order valence-corrected chi connectivity index (χ2v) is 6.21.